The molecule has 1 spiro atoms. The van der Waals surface area contributed by atoms with E-state index in [-0.39, 0.29) is 11.7 Å². The topological polar surface area (TPSA) is 38.7 Å². The molecule has 0 aromatic rings. The minimum Gasteiger partial charge on any atom is -0.393 e. The SMILES string of the molecule is CCC1CCC(C(O)C2CCOC3(CCOC3)C2)C1. The van der Waals surface area contributed by atoms with E-state index in [1.807, 2.05) is 0 Å². The standard InChI is InChI=1S/C16H28O3/c1-2-12-3-4-13(9-12)15(17)14-5-7-19-16(10-14)6-8-18-11-16/h12-15,17H,2-11H2,1H3. The van der Waals surface area contributed by atoms with Crippen molar-refractivity contribution in [2.45, 2.75) is 63.6 Å². The highest BCUT2D eigenvalue weighted by atomic mass is 16.6. The molecule has 3 fully saturated rings. The minimum atomic E-state index is -0.113. The van der Waals surface area contributed by atoms with E-state index in [2.05, 4.69) is 6.92 Å². The van der Waals surface area contributed by atoms with Gasteiger partial charge in [0.25, 0.3) is 0 Å². The van der Waals surface area contributed by atoms with E-state index in [0.717, 1.165) is 45.0 Å². The predicted molar refractivity (Wildman–Crippen MR) is 74.0 cm³/mol. The van der Waals surface area contributed by atoms with Crippen LogP contribution < -0.4 is 0 Å². The first-order valence-corrected chi connectivity index (χ1v) is 8.12. The minimum absolute atomic E-state index is 0.0628. The molecular formula is C16H28O3. The molecule has 5 atom stereocenters. The molecule has 0 amide bonds. The number of rotatable bonds is 3. The summed E-state index contributed by atoms with van der Waals surface area (Å²) in [4.78, 5) is 0. The molecule has 0 radical (unpaired) electrons. The van der Waals surface area contributed by atoms with E-state index in [1.54, 1.807) is 0 Å². The van der Waals surface area contributed by atoms with Gasteiger partial charge in [-0.25, -0.2) is 0 Å². The van der Waals surface area contributed by atoms with Gasteiger partial charge in [0.05, 0.1) is 18.3 Å². The molecule has 1 aliphatic carbocycles. The fourth-order valence-corrected chi connectivity index (χ4v) is 4.40. The maximum atomic E-state index is 10.7. The Labute approximate surface area is 116 Å². The first-order valence-electron chi connectivity index (χ1n) is 8.12. The smallest absolute Gasteiger partial charge is 0.0940 e. The van der Waals surface area contributed by atoms with Crippen molar-refractivity contribution in [1.82, 2.24) is 0 Å². The summed E-state index contributed by atoms with van der Waals surface area (Å²) in [6, 6.07) is 0. The van der Waals surface area contributed by atoms with Crippen molar-refractivity contribution < 1.29 is 14.6 Å². The zero-order valence-electron chi connectivity index (χ0n) is 12.1. The number of aliphatic hydroxyl groups excluding tert-OH is 1. The van der Waals surface area contributed by atoms with E-state index in [0.29, 0.717) is 11.8 Å². The second-order valence-corrected chi connectivity index (χ2v) is 6.92. The Morgan fingerprint density at radius 2 is 2.11 bits per heavy atom. The van der Waals surface area contributed by atoms with Gasteiger partial charge in [-0.1, -0.05) is 19.8 Å². The van der Waals surface area contributed by atoms with E-state index >= 15 is 0 Å². The maximum Gasteiger partial charge on any atom is 0.0940 e. The van der Waals surface area contributed by atoms with Crippen LogP contribution in [0.2, 0.25) is 0 Å². The average molecular weight is 268 g/mol. The van der Waals surface area contributed by atoms with Gasteiger partial charge in [-0.05, 0) is 43.4 Å². The van der Waals surface area contributed by atoms with Crippen LogP contribution in [-0.2, 0) is 9.47 Å². The molecule has 3 heteroatoms. The van der Waals surface area contributed by atoms with Crippen molar-refractivity contribution in [3.8, 4) is 0 Å². The third kappa shape index (κ3) is 2.84. The lowest BCUT2D eigenvalue weighted by molar-refractivity contribution is -0.123. The Morgan fingerprint density at radius 1 is 1.21 bits per heavy atom. The van der Waals surface area contributed by atoms with Crippen molar-refractivity contribution in [3.05, 3.63) is 0 Å². The maximum absolute atomic E-state index is 10.7. The van der Waals surface area contributed by atoms with Gasteiger partial charge in [-0.2, -0.15) is 0 Å². The van der Waals surface area contributed by atoms with E-state index < -0.39 is 0 Å². The number of hydrogen-bond donors (Lipinski definition) is 1. The molecule has 3 nitrogen and oxygen atoms in total. The molecule has 3 rings (SSSR count). The fourth-order valence-electron chi connectivity index (χ4n) is 4.40. The van der Waals surface area contributed by atoms with Gasteiger partial charge in [0.1, 0.15) is 0 Å². The Bertz CT molecular complexity index is 298. The van der Waals surface area contributed by atoms with Gasteiger partial charge in [0, 0.05) is 19.6 Å². The van der Waals surface area contributed by atoms with Crippen LogP contribution >= 0.6 is 0 Å². The number of hydrogen-bond acceptors (Lipinski definition) is 3. The van der Waals surface area contributed by atoms with E-state index in [4.69, 9.17) is 9.47 Å². The summed E-state index contributed by atoms with van der Waals surface area (Å²) in [6.07, 6.45) is 7.97. The van der Waals surface area contributed by atoms with Crippen LogP contribution in [-0.4, -0.2) is 36.6 Å². The summed E-state index contributed by atoms with van der Waals surface area (Å²) in [5, 5.41) is 10.7. The third-order valence-electron chi connectivity index (χ3n) is 5.72. The van der Waals surface area contributed by atoms with Gasteiger partial charge in [-0.15, -0.1) is 0 Å². The zero-order chi connectivity index (χ0) is 13.3. The van der Waals surface area contributed by atoms with Crippen molar-refractivity contribution >= 4 is 0 Å². The van der Waals surface area contributed by atoms with E-state index in [1.165, 1.54) is 25.7 Å². The Balaban J connectivity index is 1.59. The molecular weight excluding hydrogens is 240 g/mol. The first kappa shape index (κ1) is 13.8. The first-order chi connectivity index (χ1) is 9.22. The lowest BCUT2D eigenvalue weighted by atomic mass is 9.78. The summed E-state index contributed by atoms with van der Waals surface area (Å²) < 4.78 is 11.5. The highest BCUT2D eigenvalue weighted by Gasteiger charge is 2.44. The zero-order valence-corrected chi connectivity index (χ0v) is 12.1. The van der Waals surface area contributed by atoms with Crippen LogP contribution in [0.15, 0.2) is 0 Å². The van der Waals surface area contributed by atoms with E-state index in [9.17, 15) is 5.11 Å². The van der Waals surface area contributed by atoms with Crippen LogP contribution in [0.4, 0.5) is 0 Å². The van der Waals surface area contributed by atoms with Crippen LogP contribution in [0.5, 0.6) is 0 Å². The third-order valence-corrected chi connectivity index (χ3v) is 5.72. The summed E-state index contributed by atoms with van der Waals surface area (Å²) in [5.41, 5.74) is -0.0628. The second-order valence-electron chi connectivity index (χ2n) is 6.92. The molecule has 2 aliphatic heterocycles. The summed E-state index contributed by atoms with van der Waals surface area (Å²) >= 11 is 0. The lowest BCUT2D eigenvalue weighted by Gasteiger charge is -2.40. The Hall–Kier alpha value is -0.120. The van der Waals surface area contributed by atoms with Crippen LogP contribution in [0, 0.1) is 17.8 Å². The molecule has 1 saturated carbocycles. The molecule has 110 valence electrons. The van der Waals surface area contributed by atoms with Crippen LogP contribution in [0.25, 0.3) is 0 Å². The highest BCUT2D eigenvalue weighted by Crippen LogP contribution is 2.42. The number of ether oxygens (including phenoxy) is 2. The van der Waals surface area contributed by atoms with Crippen LogP contribution in [0.1, 0.15) is 51.9 Å². The molecule has 0 aromatic carbocycles. The highest BCUT2D eigenvalue weighted by molar-refractivity contribution is 4.94. The van der Waals surface area contributed by atoms with Gasteiger partial charge in [0.15, 0.2) is 0 Å². The van der Waals surface area contributed by atoms with Crippen molar-refractivity contribution in [1.29, 1.82) is 0 Å². The Kier molecular flexibility index (Phi) is 4.16. The molecule has 3 aliphatic rings. The quantitative estimate of drug-likeness (QED) is 0.855. The molecule has 2 saturated heterocycles. The monoisotopic (exact) mass is 268 g/mol. The Morgan fingerprint density at radius 3 is 2.79 bits per heavy atom. The second kappa shape index (κ2) is 5.71. The summed E-state index contributed by atoms with van der Waals surface area (Å²) in [5.74, 6) is 1.81. The largest absolute Gasteiger partial charge is 0.393 e. The average Bonchev–Trinajstić information content (AvgIpc) is 3.07. The van der Waals surface area contributed by atoms with Gasteiger partial charge < -0.3 is 14.6 Å². The molecule has 5 unspecified atom stereocenters. The predicted octanol–water partition coefficient (Wildman–Crippen LogP) is 2.76. The molecule has 0 aromatic heterocycles. The van der Waals surface area contributed by atoms with Crippen molar-refractivity contribution in [2.75, 3.05) is 19.8 Å². The molecule has 1 N–H and O–H groups in total. The fraction of sp³-hybridized carbons (Fsp3) is 1.00. The van der Waals surface area contributed by atoms with Gasteiger partial charge in [-0.3, -0.25) is 0 Å². The van der Waals surface area contributed by atoms with Crippen molar-refractivity contribution in [2.24, 2.45) is 17.8 Å². The van der Waals surface area contributed by atoms with Crippen molar-refractivity contribution in [3.63, 3.8) is 0 Å². The summed E-state index contributed by atoms with van der Waals surface area (Å²) in [6.45, 7) is 4.64. The van der Waals surface area contributed by atoms with Gasteiger partial charge in [0.2, 0.25) is 0 Å². The lowest BCUT2D eigenvalue weighted by Crippen LogP contribution is -2.45. The normalized spacial score (nSPS) is 44.8. The van der Waals surface area contributed by atoms with Gasteiger partial charge >= 0.3 is 0 Å². The van der Waals surface area contributed by atoms with Crippen LogP contribution in [0.3, 0.4) is 0 Å². The molecule has 0 bridgehead atoms. The molecule has 19 heavy (non-hydrogen) atoms. The molecule has 2 heterocycles. The number of aliphatic hydroxyl groups is 1. The summed E-state index contributed by atoms with van der Waals surface area (Å²) in [7, 11) is 0.